The molecule has 2 aromatic rings. The van der Waals surface area contributed by atoms with Crippen LogP contribution in [0.1, 0.15) is 24.2 Å². The highest BCUT2D eigenvalue weighted by molar-refractivity contribution is 7.07. The molecule has 1 aliphatic heterocycles. The quantitative estimate of drug-likeness (QED) is 0.819. The van der Waals surface area contributed by atoms with Gasteiger partial charge < -0.3 is 10.0 Å². The van der Waals surface area contributed by atoms with Gasteiger partial charge >= 0.3 is 6.09 Å². The lowest BCUT2D eigenvalue weighted by molar-refractivity contribution is 0.124. The first kappa shape index (κ1) is 13.3. The van der Waals surface area contributed by atoms with E-state index in [1.165, 1.54) is 16.2 Å². The average molecular weight is 311 g/mol. The lowest BCUT2D eigenvalue weighted by Gasteiger charge is -2.32. The molecule has 0 saturated carbocycles. The van der Waals surface area contributed by atoms with Crippen LogP contribution in [-0.2, 0) is 6.42 Å². The molecule has 0 bridgehead atoms. The molecule has 2 aromatic heterocycles. The Bertz CT molecular complexity index is 662. The second kappa shape index (κ2) is 4.99. The van der Waals surface area contributed by atoms with Gasteiger partial charge in [-0.3, -0.25) is 0 Å². The van der Waals surface area contributed by atoms with Crippen molar-refractivity contribution < 1.29 is 9.90 Å². The lowest BCUT2D eigenvalue weighted by Crippen LogP contribution is -2.38. The van der Waals surface area contributed by atoms with Crippen molar-refractivity contribution in [3.8, 4) is 11.5 Å². The number of amides is 1. The number of halogens is 1. The van der Waals surface area contributed by atoms with E-state index in [9.17, 15) is 4.79 Å². The molecule has 8 heteroatoms. The minimum absolute atomic E-state index is 0.302. The first-order valence-corrected chi connectivity index (χ1v) is 7.34. The maximum atomic E-state index is 11.2. The summed E-state index contributed by atoms with van der Waals surface area (Å²) in [5, 5.41) is 11.3. The number of carboxylic acid groups (broad SMARTS) is 1. The third-order valence-electron chi connectivity index (χ3n) is 3.36. The van der Waals surface area contributed by atoms with Gasteiger partial charge in [0.1, 0.15) is 10.8 Å². The first-order valence-electron chi connectivity index (χ1n) is 6.02. The number of hydrogen-bond acceptors (Lipinski definition) is 5. The Morgan fingerprint density at radius 3 is 3.00 bits per heavy atom. The van der Waals surface area contributed by atoms with Crippen LogP contribution < -0.4 is 0 Å². The summed E-state index contributed by atoms with van der Waals surface area (Å²) in [6.45, 7) is 2.21. The van der Waals surface area contributed by atoms with E-state index in [0.29, 0.717) is 35.2 Å². The smallest absolute Gasteiger partial charge is 0.407 e. The molecule has 0 radical (unpaired) electrons. The SMILES string of the molecule is CC1c2c(Cl)nc(-c3cscn3)nc2CCN1C(=O)O. The lowest BCUT2D eigenvalue weighted by atomic mass is 10.00. The number of hydrogen-bond donors (Lipinski definition) is 1. The van der Waals surface area contributed by atoms with Crippen LogP contribution in [0.2, 0.25) is 5.15 Å². The van der Waals surface area contributed by atoms with Crippen LogP contribution in [0.3, 0.4) is 0 Å². The maximum Gasteiger partial charge on any atom is 0.407 e. The molecule has 0 aliphatic carbocycles. The standard InChI is InChI=1S/C12H11ClN4O2S/c1-6-9-7(2-3-17(6)12(18)19)15-11(16-10(9)13)8-4-20-5-14-8/h4-6H,2-3H2,1H3,(H,18,19). The van der Waals surface area contributed by atoms with E-state index in [4.69, 9.17) is 16.7 Å². The van der Waals surface area contributed by atoms with Crippen molar-refractivity contribution in [2.24, 2.45) is 0 Å². The molecule has 1 N–H and O–H groups in total. The normalized spacial score (nSPS) is 17.9. The second-order valence-corrected chi connectivity index (χ2v) is 5.55. The van der Waals surface area contributed by atoms with E-state index in [0.717, 1.165) is 5.69 Å². The van der Waals surface area contributed by atoms with Gasteiger partial charge in [0.15, 0.2) is 5.82 Å². The van der Waals surface area contributed by atoms with Gasteiger partial charge in [0.05, 0.1) is 17.2 Å². The molecule has 3 heterocycles. The number of nitrogens with zero attached hydrogens (tertiary/aromatic N) is 4. The summed E-state index contributed by atoms with van der Waals surface area (Å²) in [6, 6.07) is -0.340. The third-order valence-corrected chi connectivity index (χ3v) is 4.23. The number of aromatic nitrogens is 3. The molecule has 104 valence electrons. The zero-order chi connectivity index (χ0) is 14.3. The van der Waals surface area contributed by atoms with Gasteiger partial charge in [-0.05, 0) is 6.92 Å². The van der Waals surface area contributed by atoms with Gasteiger partial charge in [-0.25, -0.2) is 19.7 Å². The summed E-state index contributed by atoms with van der Waals surface area (Å²) >= 11 is 7.70. The van der Waals surface area contributed by atoms with E-state index in [1.54, 1.807) is 12.4 Å². The van der Waals surface area contributed by atoms with E-state index < -0.39 is 6.09 Å². The Labute approximate surface area is 124 Å². The van der Waals surface area contributed by atoms with E-state index in [1.807, 2.05) is 5.38 Å². The molecular weight excluding hydrogens is 300 g/mol. The minimum atomic E-state index is -0.956. The van der Waals surface area contributed by atoms with E-state index in [-0.39, 0.29) is 6.04 Å². The molecule has 3 rings (SSSR count). The van der Waals surface area contributed by atoms with Crippen LogP contribution >= 0.6 is 22.9 Å². The van der Waals surface area contributed by atoms with Crippen molar-refractivity contribution in [3.05, 3.63) is 27.3 Å². The highest BCUT2D eigenvalue weighted by Crippen LogP contribution is 2.34. The summed E-state index contributed by atoms with van der Waals surface area (Å²) in [7, 11) is 0. The predicted octanol–water partition coefficient (Wildman–Crippen LogP) is 2.85. The minimum Gasteiger partial charge on any atom is -0.465 e. The molecule has 20 heavy (non-hydrogen) atoms. The molecule has 6 nitrogen and oxygen atoms in total. The van der Waals surface area contributed by atoms with E-state index >= 15 is 0 Å². The van der Waals surface area contributed by atoms with Gasteiger partial charge in [-0.1, -0.05) is 11.6 Å². The van der Waals surface area contributed by atoms with Crippen molar-refractivity contribution >= 4 is 29.0 Å². The Kier molecular flexibility index (Phi) is 3.31. The summed E-state index contributed by atoms with van der Waals surface area (Å²) in [6.07, 6.45) is -0.423. The Hall–Kier alpha value is -1.73. The van der Waals surface area contributed by atoms with Crippen molar-refractivity contribution in [1.29, 1.82) is 0 Å². The molecule has 1 amide bonds. The largest absolute Gasteiger partial charge is 0.465 e. The summed E-state index contributed by atoms with van der Waals surface area (Å²) in [5.41, 5.74) is 3.89. The third kappa shape index (κ3) is 2.12. The summed E-state index contributed by atoms with van der Waals surface area (Å²) in [5.74, 6) is 0.492. The number of fused-ring (bicyclic) bond motifs is 1. The van der Waals surface area contributed by atoms with Crippen LogP contribution in [0.15, 0.2) is 10.9 Å². The first-order chi connectivity index (χ1) is 9.58. The highest BCUT2D eigenvalue weighted by atomic mass is 35.5. The van der Waals surface area contributed by atoms with Gasteiger partial charge in [-0.15, -0.1) is 11.3 Å². The van der Waals surface area contributed by atoms with Crippen LogP contribution in [0.4, 0.5) is 4.79 Å². The Morgan fingerprint density at radius 2 is 2.35 bits per heavy atom. The van der Waals surface area contributed by atoms with Gasteiger partial charge in [0, 0.05) is 23.9 Å². The molecule has 1 aliphatic rings. The maximum absolute atomic E-state index is 11.2. The fourth-order valence-electron chi connectivity index (χ4n) is 2.36. The van der Waals surface area contributed by atoms with Gasteiger partial charge in [0.25, 0.3) is 0 Å². The van der Waals surface area contributed by atoms with Crippen LogP contribution in [0.5, 0.6) is 0 Å². The molecule has 0 aromatic carbocycles. The molecule has 0 saturated heterocycles. The topological polar surface area (TPSA) is 79.2 Å². The zero-order valence-electron chi connectivity index (χ0n) is 10.6. The predicted molar refractivity (Wildman–Crippen MR) is 75.0 cm³/mol. The Morgan fingerprint density at radius 1 is 1.55 bits per heavy atom. The van der Waals surface area contributed by atoms with Crippen molar-refractivity contribution in [2.45, 2.75) is 19.4 Å². The fraction of sp³-hybridized carbons (Fsp3) is 0.333. The van der Waals surface area contributed by atoms with E-state index in [2.05, 4.69) is 15.0 Å². The summed E-state index contributed by atoms with van der Waals surface area (Å²) in [4.78, 5) is 25.4. The second-order valence-electron chi connectivity index (χ2n) is 4.47. The number of rotatable bonds is 1. The molecule has 0 fully saturated rings. The highest BCUT2D eigenvalue weighted by Gasteiger charge is 2.31. The summed E-state index contributed by atoms with van der Waals surface area (Å²) < 4.78 is 0. The van der Waals surface area contributed by atoms with Crippen LogP contribution in [0.25, 0.3) is 11.5 Å². The fourth-order valence-corrected chi connectivity index (χ4v) is 3.24. The van der Waals surface area contributed by atoms with Crippen molar-refractivity contribution in [1.82, 2.24) is 19.9 Å². The van der Waals surface area contributed by atoms with Crippen LogP contribution in [0, 0.1) is 0 Å². The Balaban J connectivity index is 2.07. The monoisotopic (exact) mass is 310 g/mol. The molecule has 1 atom stereocenters. The molecule has 1 unspecified atom stereocenters. The van der Waals surface area contributed by atoms with Crippen molar-refractivity contribution in [3.63, 3.8) is 0 Å². The van der Waals surface area contributed by atoms with Gasteiger partial charge in [-0.2, -0.15) is 0 Å². The zero-order valence-corrected chi connectivity index (χ0v) is 12.1. The van der Waals surface area contributed by atoms with Crippen LogP contribution in [-0.4, -0.2) is 37.6 Å². The van der Waals surface area contributed by atoms with Gasteiger partial charge in [0.2, 0.25) is 0 Å². The van der Waals surface area contributed by atoms with Crippen molar-refractivity contribution in [2.75, 3.05) is 6.54 Å². The molecule has 0 spiro atoms. The number of thiazole rings is 1. The average Bonchev–Trinajstić information content (AvgIpc) is 2.91. The molecular formula is C12H11ClN4O2S. The number of carbonyl (C=O) groups is 1.